The van der Waals surface area contributed by atoms with Crippen molar-refractivity contribution < 1.29 is 4.79 Å². The van der Waals surface area contributed by atoms with Gasteiger partial charge in [-0.2, -0.15) is 5.10 Å². The van der Waals surface area contributed by atoms with E-state index in [2.05, 4.69) is 42.1 Å². The zero-order valence-corrected chi connectivity index (χ0v) is 15.9. The standard InChI is InChI=1S/C18H13Br2N3O/c1-10-15-16(22-21-10)18(24)23(14-8-6-13(20)7-9-14)17(15)11-2-4-12(19)5-3-11/h2-9,17H,1H3,(H,21,22)/t17-/m1/s1. The lowest BCUT2D eigenvalue weighted by atomic mass is 9.99. The first-order valence-corrected chi connectivity index (χ1v) is 9.04. The van der Waals surface area contributed by atoms with Crippen LogP contribution in [0.25, 0.3) is 0 Å². The smallest absolute Gasteiger partial charge is 0.279 e. The Balaban J connectivity index is 1.89. The van der Waals surface area contributed by atoms with Crippen LogP contribution >= 0.6 is 31.9 Å². The number of carbonyl (C=O) groups is 1. The summed E-state index contributed by atoms with van der Waals surface area (Å²) in [5.74, 6) is -0.0791. The number of aryl methyl sites for hydroxylation is 1. The highest BCUT2D eigenvalue weighted by molar-refractivity contribution is 9.10. The van der Waals surface area contributed by atoms with E-state index in [-0.39, 0.29) is 11.9 Å². The average molecular weight is 447 g/mol. The summed E-state index contributed by atoms with van der Waals surface area (Å²) in [5.41, 5.74) is 4.28. The number of hydrogen-bond donors (Lipinski definition) is 1. The second-order valence-corrected chi connectivity index (χ2v) is 7.55. The first-order valence-electron chi connectivity index (χ1n) is 7.45. The summed E-state index contributed by atoms with van der Waals surface area (Å²) in [6, 6.07) is 15.6. The Hall–Kier alpha value is -1.92. The molecule has 0 aliphatic carbocycles. The molecule has 4 rings (SSSR count). The van der Waals surface area contributed by atoms with Gasteiger partial charge in [-0.3, -0.25) is 14.8 Å². The highest BCUT2D eigenvalue weighted by Crippen LogP contribution is 2.42. The van der Waals surface area contributed by atoms with Crippen molar-refractivity contribution in [1.29, 1.82) is 0 Å². The zero-order chi connectivity index (χ0) is 16.8. The second kappa shape index (κ2) is 5.86. The SMILES string of the molecule is Cc1[nH]nc2c1[C@@H](c1ccc(Br)cc1)N(c1ccc(Br)cc1)C2=O. The van der Waals surface area contributed by atoms with Gasteiger partial charge in [-0.05, 0) is 48.9 Å². The molecule has 2 heterocycles. The van der Waals surface area contributed by atoms with Crippen LogP contribution in [0.4, 0.5) is 5.69 Å². The molecule has 0 saturated carbocycles. The van der Waals surface area contributed by atoms with Crippen LogP contribution in [0.5, 0.6) is 0 Å². The predicted octanol–water partition coefficient (Wildman–Crippen LogP) is 4.99. The lowest BCUT2D eigenvalue weighted by Crippen LogP contribution is -2.29. The molecule has 120 valence electrons. The van der Waals surface area contributed by atoms with Gasteiger partial charge in [0.2, 0.25) is 0 Å². The molecular weight excluding hydrogens is 434 g/mol. The normalized spacial score (nSPS) is 16.5. The summed E-state index contributed by atoms with van der Waals surface area (Å²) >= 11 is 6.91. The molecule has 6 heteroatoms. The summed E-state index contributed by atoms with van der Waals surface area (Å²) in [4.78, 5) is 14.8. The average Bonchev–Trinajstić information content (AvgIpc) is 3.09. The molecule has 1 aromatic heterocycles. The van der Waals surface area contributed by atoms with Crippen LogP contribution in [0.3, 0.4) is 0 Å². The number of hydrogen-bond acceptors (Lipinski definition) is 2. The molecule has 0 saturated heterocycles. The molecular formula is C18H13Br2N3O. The third-order valence-electron chi connectivity index (χ3n) is 4.24. The van der Waals surface area contributed by atoms with Gasteiger partial charge in [-0.25, -0.2) is 0 Å². The number of carbonyl (C=O) groups excluding carboxylic acids is 1. The Labute approximate surface area is 156 Å². The van der Waals surface area contributed by atoms with E-state index >= 15 is 0 Å². The van der Waals surface area contributed by atoms with E-state index in [0.717, 1.165) is 31.5 Å². The number of nitrogens with zero attached hydrogens (tertiary/aromatic N) is 2. The quantitative estimate of drug-likeness (QED) is 0.602. The zero-order valence-electron chi connectivity index (χ0n) is 12.8. The van der Waals surface area contributed by atoms with Crippen LogP contribution in [0.1, 0.15) is 33.4 Å². The van der Waals surface area contributed by atoms with E-state index in [0.29, 0.717) is 5.69 Å². The number of aromatic nitrogens is 2. The van der Waals surface area contributed by atoms with Gasteiger partial charge in [0.15, 0.2) is 5.69 Å². The minimum Gasteiger partial charge on any atom is -0.295 e. The molecule has 1 aliphatic rings. The van der Waals surface area contributed by atoms with Crippen molar-refractivity contribution in [3.63, 3.8) is 0 Å². The molecule has 0 unspecified atom stereocenters. The van der Waals surface area contributed by atoms with Gasteiger partial charge in [-0.15, -0.1) is 0 Å². The summed E-state index contributed by atoms with van der Waals surface area (Å²) in [5, 5.41) is 7.18. The molecule has 0 radical (unpaired) electrons. The van der Waals surface area contributed by atoms with Crippen molar-refractivity contribution in [1.82, 2.24) is 10.2 Å². The maximum Gasteiger partial charge on any atom is 0.279 e. The van der Waals surface area contributed by atoms with Crippen molar-refractivity contribution >= 4 is 43.5 Å². The second-order valence-electron chi connectivity index (χ2n) is 5.72. The fourth-order valence-electron chi connectivity index (χ4n) is 3.12. The minimum atomic E-state index is -0.180. The number of H-pyrrole nitrogens is 1. The topological polar surface area (TPSA) is 49.0 Å². The number of rotatable bonds is 2. The molecule has 1 atom stereocenters. The number of benzene rings is 2. The van der Waals surface area contributed by atoms with Gasteiger partial charge in [0, 0.05) is 25.9 Å². The van der Waals surface area contributed by atoms with Crippen molar-refractivity contribution in [3.05, 3.63) is 80.0 Å². The van der Waals surface area contributed by atoms with Gasteiger partial charge < -0.3 is 0 Å². The van der Waals surface area contributed by atoms with E-state index in [1.807, 2.05) is 60.4 Å². The fraction of sp³-hybridized carbons (Fsp3) is 0.111. The molecule has 2 aromatic carbocycles. The predicted molar refractivity (Wildman–Crippen MR) is 100 cm³/mol. The number of nitrogens with one attached hydrogen (secondary N) is 1. The van der Waals surface area contributed by atoms with Crippen LogP contribution in [-0.2, 0) is 0 Å². The summed E-state index contributed by atoms with van der Waals surface area (Å²) < 4.78 is 1.99. The van der Waals surface area contributed by atoms with Gasteiger partial charge >= 0.3 is 0 Å². The first kappa shape index (κ1) is 15.6. The maximum atomic E-state index is 13.0. The summed E-state index contributed by atoms with van der Waals surface area (Å²) in [6.45, 7) is 1.95. The molecule has 0 fully saturated rings. The van der Waals surface area contributed by atoms with Crippen LogP contribution in [0, 0.1) is 6.92 Å². The lowest BCUT2D eigenvalue weighted by molar-refractivity contribution is 0.0989. The molecule has 1 aliphatic heterocycles. The number of aromatic amines is 1. The Bertz CT molecular complexity index is 916. The maximum absolute atomic E-state index is 13.0. The molecule has 1 N–H and O–H groups in total. The Morgan fingerprint density at radius 1 is 1.00 bits per heavy atom. The van der Waals surface area contributed by atoms with Gasteiger partial charge in [0.25, 0.3) is 5.91 Å². The van der Waals surface area contributed by atoms with Crippen LogP contribution < -0.4 is 4.90 Å². The van der Waals surface area contributed by atoms with Crippen molar-refractivity contribution in [2.45, 2.75) is 13.0 Å². The van der Waals surface area contributed by atoms with Crippen LogP contribution in [0.15, 0.2) is 57.5 Å². The Kier molecular flexibility index (Phi) is 3.81. The van der Waals surface area contributed by atoms with E-state index < -0.39 is 0 Å². The highest BCUT2D eigenvalue weighted by Gasteiger charge is 2.42. The highest BCUT2D eigenvalue weighted by atomic mass is 79.9. The van der Waals surface area contributed by atoms with Crippen molar-refractivity contribution in [2.75, 3.05) is 4.90 Å². The van der Waals surface area contributed by atoms with Gasteiger partial charge in [-0.1, -0.05) is 44.0 Å². The van der Waals surface area contributed by atoms with E-state index in [9.17, 15) is 4.79 Å². The Morgan fingerprint density at radius 2 is 1.58 bits per heavy atom. The van der Waals surface area contributed by atoms with Gasteiger partial charge in [0.1, 0.15) is 0 Å². The van der Waals surface area contributed by atoms with Gasteiger partial charge in [0.05, 0.1) is 6.04 Å². The third kappa shape index (κ3) is 2.41. The lowest BCUT2D eigenvalue weighted by Gasteiger charge is -2.26. The Morgan fingerprint density at radius 3 is 2.21 bits per heavy atom. The third-order valence-corrected chi connectivity index (χ3v) is 5.30. The van der Waals surface area contributed by atoms with E-state index in [1.165, 1.54) is 0 Å². The number of fused-ring (bicyclic) bond motifs is 1. The molecule has 24 heavy (non-hydrogen) atoms. The number of amides is 1. The summed E-state index contributed by atoms with van der Waals surface area (Å²) in [7, 11) is 0. The van der Waals surface area contributed by atoms with Crippen molar-refractivity contribution in [3.8, 4) is 0 Å². The fourth-order valence-corrected chi connectivity index (χ4v) is 3.65. The van der Waals surface area contributed by atoms with Crippen molar-refractivity contribution in [2.24, 2.45) is 0 Å². The molecule has 0 spiro atoms. The van der Waals surface area contributed by atoms with E-state index in [1.54, 1.807) is 0 Å². The monoisotopic (exact) mass is 445 g/mol. The number of anilines is 1. The summed E-state index contributed by atoms with van der Waals surface area (Å²) in [6.07, 6.45) is 0. The molecule has 1 amide bonds. The van der Waals surface area contributed by atoms with Crippen LogP contribution in [0.2, 0.25) is 0 Å². The molecule has 3 aromatic rings. The van der Waals surface area contributed by atoms with Crippen LogP contribution in [-0.4, -0.2) is 16.1 Å². The largest absolute Gasteiger partial charge is 0.295 e. The number of halogens is 2. The molecule has 0 bridgehead atoms. The molecule has 4 nitrogen and oxygen atoms in total. The first-order chi connectivity index (χ1) is 11.6. The van der Waals surface area contributed by atoms with E-state index in [4.69, 9.17) is 0 Å². The minimum absolute atomic E-state index is 0.0791.